The zero-order valence-electron chi connectivity index (χ0n) is 14.9. The Kier molecular flexibility index (Phi) is 4.77. The summed E-state index contributed by atoms with van der Waals surface area (Å²) < 4.78 is 2.45. The van der Waals surface area contributed by atoms with Gasteiger partial charge in [-0.15, -0.1) is 0 Å². The zero-order valence-corrected chi connectivity index (χ0v) is 16.5. The minimum absolute atomic E-state index is 0.130. The number of urea groups is 1. The van der Waals surface area contributed by atoms with Crippen molar-refractivity contribution in [1.82, 2.24) is 9.88 Å². The lowest BCUT2D eigenvalue weighted by Gasteiger charge is -2.26. The largest absolute Gasteiger partial charge is 0.508 e. The smallest absolute Gasteiger partial charge is 0.335 e. The van der Waals surface area contributed by atoms with Crippen molar-refractivity contribution in [2.24, 2.45) is 0 Å². The van der Waals surface area contributed by atoms with Crippen LogP contribution in [0.4, 0.5) is 10.5 Å². The standard InChI is InChI=1S/C21H14BrN3O4/c22-13-3-1-4-16(11-13)25-20(28)18(19(27)23-21(25)29)12-15-5-2-10-24(15)14-6-8-17(26)9-7-14/h1-12,26H,(H,23,27,29)/b18-12+. The Hall–Kier alpha value is -3.65. The molecule has 144 valence electrons. The number of benzene rings is 2. The molecule has 0 radical (unpaired) electrons. The molecule has 1 aliphatic heterocycles. The SMILES string of the molecule is O=C1NC(=O)N(c2cccc(Br)c2)C(=O)/C1=C/c1cccn1-c1ccc(O)cc1. The number of nitrogens with one attached hydrogen (secondary N) is 1. The molecule has 29 heavy (non-hydrogen) atoms. The van der Waals surface area contributed by atoms with Gasteiger partial charge in [0, 0.05) is 22.1 Å². The van der Waals surface area contributed by atoms with E-state index in [1.54, 1.807) is 71.4 Å². The molecule has 4 rings (SSSR count). The maximum Gasteiger partial charge on any atom is 0.335 e. The molecule has 8 heteroatoms. The maximum atomic E-state index is 13.0. The summed E-state index contributed by atoms with van der Waals surface area (Å²) in [5, 5.41) is 11.7. The van der Waals surface area contributed by atoms with E-state index in [9.17, 15) is 19.5 Å². The number of aromatic hydroxyl groups is 1. The van der Waals surface area contributed by atoms with Crippen LogP contribution in [0.1, 0.15) is 5.69 Å². The molecule has 2 N–H and O–H groups in total. The molecule has 0 saturated carbocycles. The number of hydrogen-bond acceptors (Lipinski definition) is 4. The predicted molar refractivity (Wildman–Crippen MR) is 111 cm³/mol. The Bertz CT molecular complexity index is 1160. The van der Waals surface area contributed by atoms with Gasteiger partial charge in [0.1, 0.15) is 11.3 Å². The minimum Gasteiger partial charge on any atom is -0.508 e. The first-order valence-electron chi connectivity index (χ1n) is 8.58. The third kappa shape index (κ3) is 3.57. The van der Waals surface area contributed by atoms with Crippen LogP contribution >= 0.6 is 15.9 Å². The summed E-state index contributed by atoms with van der Waals surface area (Å²) in [6.45, 7) is 0. The van der Waals surface area contributed by atoms with E-state index < -0.39 is 17.8 Å². The number of barbiturate groups is 1. The van der Waals surface area contributed by atoms with Crippen molar-refractivity contribution in [3.8, 4) is 11.4 Å². The maximum absolute atomic E-state index is 13.0. The Morgan fingerprint density at radius 3 is 2.41 bits per heavy atom. The van der Waals surface area contributed by atoms with E-state index in [2.05, 4.69) is 21.2 Å². The van der Waals surface area contributed by atoms with Gasteiger partial charge in [0.2, 0.25) is 0 Å². The van der Waals surface area contributed by atoms with Gasteiger partial charge in [-0.1, -0.05) is 22.0 Å². The summed E-state index contributed by atoms with van der Waals surface area (Å²) in [6.07, 6.45) is 3.20. The second kappa shape index (κ2) is 7.40. The van der Waals surface area contributed by atoms with Crippen molar-refractivity contribution in [1.29, 1.82) is 0 Å². The van der Waals surface area contributed by atoms with Crippen LogP contribution in [0.2, 0.25) is 0 Å². The lowest BCUT2D eigenvalue weighted by Crippen LogP contribution is -2.54. The van der Waals surface area contributed by atoms with E-state index in [0.717, 1.165) is 10.6 Å². The molecular weight excluding hydrogens is 438 g/mol. The summed E-state index contributed by atoms with van der Waals surface area (Å²) in [7, 11) is 0. The number of aromatic nitrogens is 1. The number of halogens is 1. The molecule has 0 spiro atoms. The molecule has 0 aliphatic carbocycles. The molecule has 0 atom stereocenters. The molecule has 1 aromatic heterocycles. The van der Waals surface area contributed by atoms with Crippen LogP contribution < -0.4 is 10.2 Å². The Balaban J connectivity index is 1.75. The van der Waals surface area contributed by atoms with E-state index in [-0.39, 0.29) is 11.3 Å². The lowest BCUT2D eigenvalue weighted by atomic mass is 10.1. The molecule has 4 amide bonds. The highest BCUT2D eigenvalue weighted by molar-refractivity contribution is 9.10. The topological polar surface area (TPSA) is 91.6 Å². The molecule has 2 aromatic carbocycles. The zero-order chi connectivity index (χ0) is 20.5. The number of phenols is 1. The van der Waals surface area contributed by atoms with E-state index >= 15 is 0 Å². The second-order valence-corrected chi connectivity index (χ2v) is 7.17. The first kappa shape index (κ1) is 18.7. The number of hydrogen-bond donors (Lipinski definition) is 2. The van der Waals surface area contributed by atoms with Gasteiger partial charge in [-0.05, 0) is 60.7 Å². The number of nitrogens with zero attached hydrogens (tertiary/aromatic N) is 2. The van der Waals surface area contributed by atoms with E-state index in [1.807, 2.05) is 0 Å². The molecule has 1 fully saturated rings. The second-order valence-electron chi connectivity index (χ2n) is 6.26. The number of anilines is 1. The summed E-state index contributed by atoms with van der Waals surface area (Å²) in [4.78, 5) is 38.6. The van der Waals surface area contributed by atoms with E-state index in [0.29, 0.717) is 15.9 Å². The van der Waals surface area contributed by atoms with Crippen molar-refractivity contribution < 1.29 is 19.5 Å². The summed E-state index contributed by atoms with van der Waals surface area (Å²) in [6, 6.07) is 15.9. The van der Waals surface area contributed by atoms with Crippen molar-refractivity contribution in [2.45, 2.75) is 0 Å². The average molecular weight is 452 g/mol. The van der Waals surface area contributed by atoms with Gasteiger partial charge in [-0.25, -0.2) is 9.69 Å². The minimum atomic E-state index is -0.802. The average Bonchev–Trinajstić information content (AvgIpc) is 3.14. The summed E-state index contributed by atoms with van der Waals surface area (Å²) in [5.74, 6) is -1.34. The van der Waals surface area contributed by atoms with Crippen LogP contribution in [0.5, 0.6) is 5.75 Å². The summed E-state index contributed by atoms with van der Waals surface area (Å²) >= 11 is 3.31. The molecule has 2 heterocycles. The molecule has 1 saturated heterocycles. The number of rotatable bonds is 3. The van der Waals surface area contributed by atoms with Gasteiger partial charge in [0.25, 0.3) is 11.8 Å². The number of phenolic OH excluding ortho intramolecular Hbond substituents is 1. The normalized spacial score (nSPS) is 15.7. The number of carbonyl (C=O) groups is 3. The highest BCUT2D eigenvalue weighted by Gasteiger charge is 2.37. The fourth-order valence-electron chi connectivity index (χ4n) is 3.02. The van der Waals surface area contributed by atoms with Crippen molar-refractivity contribution in [3.05, 3.63) is 82.6 Å². The van der Waals surface area contributed by atoms with Crippen molar-refractivity contribution in [3.63, 3.8) is 0 Å². The van der Waals surface area contributed by atoms with Crippen LogP contribution in [0.15, 0.2) is 76.9 Å². The molecule has 0 bridgehead atoms. The fraction of sp³-hybridized carbons (Fsp3) is 0. The quantitative estimate of drug-likeness (QED) is 0.469. The van der Waals surface area contributed by atoms with Crippen molar-refractivity contribution in [2.75, 3.05) is 4.90 Å². The van der Waals surface area contributed by atoms with Crippen LogP contribution in [0.3, 0.4) is 0 Å². The van der Waals surface area contributed by atoms with Crippen molar-refractivity contribution >= 4 is 45.5 Å². The number of imide groups is 2. The molecular formula is C21H14BrN3O4. The third-order valence-corrected chi connectivity index (χ3v) is 4.86. The van der Waals surface area contributed by atoms with Gasteiger partial charge in [0.05, 0.1) is 5.69 Å². The van der Waals surface area contributed by atoms with Crippen LogP contribution in [0.25, 0.3) is 11.8 Å². The van der Waals surface area contributed by atoms with Crippen LogP contribution in [-0.2, 0) is 9.59 Å². The number of amides is 4. The van der Waals surface area contributed by atoms with E-state index in [4.69, 9.17) is 0 Å². The first-order valence-corrected chi connectivity index (χ1v) is 9.37. The van der Waals surface area contributed by atoms with Gasteiger partial charge >= 0.3 is 6.03 Å². The van der Waals surface area contributed by atoms with Gasteiger partial charge in [-0.2, -0.15) is 0 Å². The Labute approximate surface area is 174 Å². The first-order chi connectivity index (χ1) is 13.9. The van der Waals surface area contributed by atoms with Crippen LogP contribution in [-0.4, -0.2) is 27.5 Å². The Morgan fingerprint density at radius 1 is 0.931 bits per heavy atom. The highest BCUT2D eigenvalue weighted by Crippen LogP contribution is 2.25. The Morgan fingerprint density at radius 2 is 1.69 bits per heavy atom. The lowest BCUT2D eigenvalue weighted by molar-refractivity contribution is -0.122. The van der Waals surface area contributed by atoms with Gasteiger partial charge in [0.15, 0.2) is 0 Å². The molecule has 3 aromatic rings. The highest BCUT2D eigenvalue weighted by atomic mass is 79.9. The van der Waals surface area contributed by atoms with E-state index in [1.165, 1.54) is 6.08 Å². The molecule has 0 unspecified atom stereocenters. The molecule has 7 nitrogen and oxygen atoms in total. The van der Waals surface area contributed by atoms with Crippen LogP contribution in [0, 0.1) is 0 Å². The number of carbonyl (C=O) groups excluding carboxylic acids is 3. The third-order valence-electron chi connectivity index (χ3n) is 4.37. The fourth-order valence-corrected chi connectivity index (χ4v) is 3.40. The van der Waals surface area contributed by atoms with Gasteiger partial charge < -0.3 is 9.67 Å². The van der Waals surface area contributed by atoms with Gasteiger partial charge in [-0.3, -0.25) is 14.9 Å². The predicted octanol–water partition coefficient (Wildman–Crippen LogP) is 3.61. The summed E-state index contributed by atoms with van der Waals surface area (Å²) in [5.41, 5.74) is 1.48. The molecule has 1 aliphatic rings. The monoisotopic (exact) mass is 451 g/mol.